The van der Waals surface area contributed by atoms with Gasteiger partial charge in [0.2, 0.25) is 5.91 Å². The smallest absolute Gasteiger partial charge is 0.339 e. The van der Waals surface area contributed by atoms with Crippen molar-refractivity contribution < 1.29 is 14.3 Å². The molecular weight excluding hydrogens is 294 g/mol. The zero-order chi connectivity index (χ0) is 15.0. The molecular formula is C14H12ClN3O3. The summed E-state index contributed by atoms with van der Waals surface area (Å²) in [6.45, 7) is 0. The number of nitrogens with one attached hydrogen (secondary N) is 2. The third-order valence-corrected chi connectivity index (χ3v) is 3.71. The Labute approximate surface area is 125 Å². The van der Waals surface area contributed by atoms with Gasteiger partial charge in [-0.1, -0.05) is 11.6 Å². The molecule has 0 fully saturated rings. The van der Waals surface area contributed by atoms with Crippen molar-refractivity contribution in [1.29, 1.82) is 0 Å². The van der Waals surface area contributed by atoms with Gasteiger partial charge in [0.05, 0.1) is 30.5 Å². The van der Waals surface area contributed by atoms with E-state index in [4.69, 9.17) is 16.3 Å². The van der Waals surface area contributed by atoms with Crippen LogP contribution in [-0.2, 0) is 16.0 Å². The second-order valence-electron chi connectivity index (χ2n) is 4.70. The van der Waals surface area contributed by atoms with E-state index >= 15 is 0 Å². The molecule has 3 rings (SSSR count). The highest BCUT2D eigenvalue weighted by Crippen LogP contribution is 2.35. The molecule has 108 valence electrons. The molecule has 0 saturated heterocycles. The number of halogens is 1. The highest BCUT2D eigenvalue weighted by atomic mass is 35.5. The molecule has 0 aromatic carbocycles. The lowest BCUT2D eigenvalue weighted by Gasteiger charge is -2.09. The summed E-state index contributed by atoms with van der Waals surface area (Å²) >= 11 is 5.89. The summed E-state index contributed by atoms with van der Waals surface area (Å²) in [5.74, 6) is -0.986. The molecule has 3 heterocycles. The molecule has 1 amide bonds. The maximum Gasteiger partial charge on any atom is 0.339 e. The first-order chi connectivity index (χ1) is 10.1. The van der Waals surface area contributed by atoms with Crippen molar-refractivity contribution in [2.45, 2.75) is 12.3 Å². The fourth-order valence-corrected chi connectivity index (χ4v) is 2.65. The van der Waals surface area contributed by atoms with E-state index in [0.29, 0.717) is 28.5 Å². The van der Waals surface area contributed by atoms with Crippen LogP contribution in [0.15, 0.2) is 24.5 Å². The SMILES string of the molecule is COC(=O)c1cc[nH]c1CC1C(=O)Nc2cnc(Cl)cc21. The molecule has 0 bridgehead atoms. The summed E-state index contributed by atoms with van der Waals surface area (Å²) in [5.41, 5.74) is 2.52. The molecule has 0 aliphatic carbocycles. The van der Waals surface area contributed by atoms with E-state index in [1.807, 2.05) is 0 Å². The van der Waals surface area contributed by atoms with Gasteiger partial charge in [0.25, 0.3) is 0 Å². The van der Waals surface area contributed by atoms with E-state index in [9.17, 15) is 9.59 Å². The van der Waals surface area contributed by atoms with E-state index in [0.717, 1.165) is 5.56 Å². The zero-order valence-corrected chi connectivity index (χ0v) is 11.9. The number of anilines is 1. The fourth-order valence-electron chi connectivity index (χ4n) is 2.48. The largest absolute Gasteiger partial charge is 0.465 e. The molecule has 1 unspecified atom stereocenters. The van der Waals surface area contributed by atoms with E-state index in [-0.39, 0.29) is 5.91 Å². The monoisotopic (exact) mass is 305 g/mol. The van der Waals surface area contributed by atoms with Gasteiger partial charge in [-0.2, -0.15) is 0 Å². The Morgan fingerprint density at radius 1 is 1.52 bits per heavy atom. The predicted molar refractivity (Wildman–Crippen MR) is 76.5 cm³/mol. The topological polar surface area (TPSA) is 84.1 Å². The van der Waals surface area contributed by atoms with Gasteiger partial charge < -0.3 is 15.0 Å². The summed E-state index contributed by atoms with van der Waals surface area (Å²) in [6.07, 6.45) is 3.54. The van der Waals surface area contributed by atoms with Crippen molar-refractivity contribution in [3.05, 3.63) is 46.5 Å². The van der Waals surface area contributed by atoms with Gasteiger partial charge in [-0.15, -0.1) is 0 Å². The number of pyridine rings is 1. The maximum absolute atomic E-state index is 12.1. The van der Waals surface area contributed by atoms with Crippen molar-refractivity contribution in [3.63, 3.8) is 0 Å². The van der Waals surface area contributed by atoms with Gasteiger partial charge in [0.15, 0.2) is 0 Å². The number of H-pyrrole nitrogens is 1. The molecule has 0 saturated carbocycles. The Bertz CT molecular complexity index is 726. The van der Waals surface area contributed by atoms with Crippen LogP contribution in [0.1, 0.15) is 27.5 Å². The van der Waals surface area contributed by atoms with Crippen LogP contribution in [0.25, 0.3) is 0 Å². The van der Waals surface area contributed by atoms with Crippen molar-refractivity contribution >= 4 is 29.2 Å². The van der Waals surface area contributed by atoms with E-state index < -0.39 is 11.9 Å². The first kappa shape index (κ1) is 13.6. The van der Waals surface area contributed by atoms with Crippen molar-refractivity contribution in [1.82, 2.24) is 9.97 Å². The van der Waals surface area contributed by atoms with Crippen LogP contribution in [0.2, 0.25) is 5.15 Å². The van der Waals surface area contributed by atoms with Gasteiger partial charge >= 0.3 is 5.97 Å². The number of carbonyl (C=O) groups excluding carboxylic acids is 2. The van der Waals surface area contributed by atoms with Gasteiger partial charge in [-0.05, 0) is 17.7 Å². The van der Waals surface area contributed by atoms with Crippen molar-refractivity contribution in [2.24, 2.45) is 0 Å². The molecule has 1 atom stereocenters. The number of ether oxygens (including phenoxy) is 1. The first-order valence-corrected chi connectivity index (χ1v) is 6.69. The normalized spacial score (nSPS) is 16.5. The number of esters is 1. The molecule has 7 heteroatoms. The number of carbonyl (C=O) groups is 2. The Morgan fingerprint density at radius 3 is 3.10 bits per heavy atom. The number of methoxy groups -OCH3 is 1. The highest BCUT2D eigenvalue weighted by molar-refractivity contribution is 6.29. The summed E-state index contributed by atoms with van der Waals surface area (Å²) in [4.78, 5) is 30.7. The summed E-state index contributed by atoms with van der Waals surface area (Å²) in [6, 6.07) is 3.30. The minimum atomic E-state index is -0.433. The Kier molecular flexibility index (Phi) is 3.39. The van der Waals surface area contributed by atoms with Crippen LogP contribution in [-0.4, -0.2) is 29.0 Å². The Balaban J connectivity index is 1.93. The van der Waals surface area contributed by atoms with Crippen LogP contribution in [0.4, 0.5) is 5.69 Å². The van der Waals surface area contributed by atoms with E-state index in [2.05, 4.69) is 15.3 Å². The van der Waals surface area contributed by atoms with E-state index in [1.165, 1.54) is 13.3 Å². The fraction of sp³-hybridized carbons (Fsp3) is 0.214. The average Bonchev–Trinajstić information content (AvgIpc) is 3.04. The van der Waals surface area contributed by atoms with Crippen LogP contribution in [0, 0.1) is 0 Å². The van der Waals surface area contributed by atoms with Crippen LogP contribution < -0.4 is 5.32 Å². The molecule has 6 nitrogen and oxygen atoms in total. The van der Waals surface area contributed by atoms with Gasteiger partial charge in [-0.25, -0.2) is 9.78 Å². The molecule has 2 aromatic rings. The Hall–Kier alpha value is -2.34. The molecule has 21 heavy (non-hydrogen) atoms. The van der Waals surface area contributed by atoms with Crippen LogP contribution in [0.3, 0.4) is 0 Å². The van der Waals surface area contributed by atoms with Gasteiger partial charge in [0.1, 0.15) is 5.15 Å². The van der Waals surface area contributed by atoms with E-state index in [1.54, 1.807) is 18.3 Å². The quantitative estimate of drug-likeness (QED) is 0.672. The number of nitrogens with zero attached hydrogens (tertiary/aromatic N) is 1. The van der Waals surface area contributed by atoms with Gasteiger partial charge in [0, 0.05) is 18.3 Å². The third kappa shape index (κ3) is 2.38. The average molecular weight is 306 g/mol. The highest BCUT2D eigenvalue weighted by Gasteiger charge is 2.32. The minimum Gasteiger partial charge on any atom is -0.465 e. The standard InChI is InChI=1S/C14H12ClN3O3/c1-21-14(20)7-2-3-16-10(7)4-9-8-5-12(15)17-6-11(8)18-13(9)19/h2-3,5-6,9,16H,4H2,1H3,(H,18,19). The minimum absolute atomic E-state index is 0.139. The van der Waals surface area contributed by atoms with Crippen LogP contribution >= 0.6 is 11.6 Å². The second-order valence-corrected chi connectivity index (χ2v) is 5.09. The number of aromatic amines is 1. The molecule has 1 aliphatic rings. The summed E-state index contributed by atoms with van der Waals surface area (Å²) in [7, 11) is 1.32. The first-order valence-electron chi connectivity index (χ1n) is 6.31. The van der Waals surface area contributed by atoms with Gasteiger partial charge in [-0.3, -0.25) is 4.79 Å². The lowest BCUT2D eigenvalue weighted by atomic mass is 9.95. The van der Waals surface area contributed by atoms with Crippen molar-refractivity contribution in [3.8, 4) is 0 Å². The second kappa shape index (κ2) is 5.21. The number of hydrogen-bond donors (Lipinski definition) is 2. The molecule has 0 radical (unpaired) electrons. The third-order valence-electron chi connectivity index (χ3n) is 3.50. The number of amides is 1. The van der Waals surface area contributed by atoms with Crippen LogP contribution in [0.5, 0.6) is 0 Å². The maximum atomic E-state index is 12.1. The summed E-state index contributed by atoms with van der Waals surface area (Å²) in [5, 5.41) is 3.09. The number of aromatic nitrogens is 2. The predicted octanol–water partition coefficient (Wildman–Crippen LogP) is 2.13. The molecule has 1 aliphatic heterocycles. The molecule has 2 aromatic heterocycles. The zero-order valence-electron chi connectivity index (χ0n) is 11.1. The number of hydrogen-bond acceptors (Lipinski definition) is 4. The number of fused-ring (bicyclic) bond motifs is 1. The lowest BCUT2D eigenvalue weighted by Crippen LogP contribution is -2.16. The number of rotatable bonds is 3. The van der Waals surface area contributed by atoms with Crippen molar-refractivity contribution in [2.75, 3.05) is 12.4 Å². The summed E-state index contributed by atoms with van der Waals surface area (Å²) < 4.78 is 4.72. The molecule has 0 spiro atoms. The lowest BCUT2D eigenvalue weighted by molar-refractivity contribution is -0.117. The molecule has 2 N–H and O–H groups in total. The Morgan fingerprint density at radius 2 is 2.33 bits per heavy atom.